The van der Waals surface area contributed by atoms with E-state index < -0.39 is 5.97 Å². The number of hydrogen-bond acceptors (Lipinski definition) is 5. The number of carbonyl (C=O) groups is 2. The zero-order chi connectivity index (χ0) is 19.6. The Hall–Kier alpha value is -2.24. The van der Waals surface area contributed by atoms with E-state index in [2.05, 4.69) is 5.32 Å². The number of benzene rings is 1. The SMILES string of the molecule is COc1ccc(OCCOC(=O)CNC(=O)C23CC4CC(CC(C4)C2)C3)cc1. The van der Waals surface area contributed by atoms with Crippen molar-refractivity contribution in [3.8, 4) is 11.5 Å². The Balaban J connectivity index is 1.16. The van der Waals surface area contributed by atoms with Gasteiger partial charge in [0.15, 0.2) is 0 Å². The van der Waals surface area contributed by atoms with Crippen LogP contribution in [0.25, 0.3) is 0 Å². The van der Waals surface area contributed by atoms with E-state index in [1.807, 2.05) is 0 Å². The predicted molar refractivity (Wildman–Crippen MR) is 103 cm³/mol. The number of esters is 1. The maximum atomic E-state index is 12.8. The Morgan fingerprint density at radius 1 is 0.964 bits per heavy atom. The molecule has 152 valence electrons. The molecule has 4 saturated carbocycles. The van der Waals surface area contributed by atoms with Crippen molar-refractivity contribution in [1.29, 1.82) is 0 Å². The number of rotatable bonds is 8. The zero-order valence-corrected chi connectivity index (χ0v) is 16.4. The van der Waals surface area contributed by atoms with Gasteiger partial charge in [-0.2, -0.15) is 0 Å². The van der Waals surface area contributed by atoms with Gasteiger partial charge in [-0.15, -0.1) is 0 Å². The normalized spacial score (nSPS) is 30.0. The number of ether oxygens (including phenoxy) is 3. The Labute approximate surface area is 165 Å². The summed E-state index contributed by atoms with van der Waals surface area (Å²) < 4.78 is 15.8. The molecule has 0 atom stereocenters. The molecule has 0 aliphatic heterocycles. The summed E-state index contributed by atoms with van der Waals surface area (Å²) in [6.45, 7) is 0.349. The second kappa shape index (κ2) is 8.02. The number of methoxy groups -OCH3 is 1. The summed E-state index contributed by atoms with van der Waals surface area (Å²) in [6.07, 6.45) is 6.87. The van der Waals surface area contributed by atoms with Gasteiger partial charge in [0.2, 0.25) is 5.91 Å². The van der Waals surface area contributed by atoms with Crippen molar-refractivity contribution in [1.82, 2.24) is 5.32 Å². The average molecular weight is 387 g/mol. The van der Waals surface area contributed by atoms with Crippen molar-refractivity contribution in [2.45, 2.75) is 38.5 Å². The van der Waals surface area contributed by atoms with Gasteiger partial charge in [-0.05, 0) is 80.5 Å². The van der Waals surface area contributed by atoms with Gasteiger partial charge in [0.1, 0.15) is 31.3 Å². The number of amides is 1. The van der Waals surface area contributed by atoms with E-state index in [9.17, 15) is 9.59 Å². The molecule has 6 nitrogen and oxygen atoms in total. The molecular weight excluding hydrogens is 358 g/mol. The second-order valence-electron chi connectivity index (χ2n) is 8.63. The minimum Gasteiger partial charge on any atom is -0.497 e. The number of nitrogens with one attached hydrogen (secondary N) is 1. The molecule has 0 aromatic heterocycles. The molecule has 0 unspecified atom stereocenters. The Morgan fingerprint density at radius 3 is 2.11 bits per heavy atom. The highest BCUT2D eigenvalue weighted by Crippen LogP contribution is 2.60. The second-order valence-corrected chi connectivity index (χ2v) is 8.63. The van der Waals surface area contributed by atoms with Gasteiger partial charge < -0.3 is 19.5 Å². The van der Waals surface area contributed by atoms with Crippen LogP contribution in [0.15, 0.2) is 24.3 Å². The first kappa shape index (κ1) is 19.1. The minimum absolute atomic E-state index is 0.0537. The molecule has 0 spiro atoms. The minimum atomic E-state index is -0.420. The maximum absolute atomic E-state index is 12.8. The Kier molecular flexibility index (Phi) is 5.47. The van der Waals surface area contributed by atoms with Crippen LogP contribution in [-0.4, -0.2) is 38.7 Å². The van der Waals surface area contributed by atoms with Gasteiger partial charge in [-0.3, -0.25) is 9.59 Å². The van der Waals surface area contributed by atoms with Crippen LogP contribution < -0.4 is 14.8 Å². The fourth-order valence-electron chi connectivity index (χ4n) is 5.77. The average Bonchev–Trinajstić information content (AvgIpc) is 2.69. The summed E-state index contributed by atoms with van der Waals surface area (Å²) in [6, 6.07) is 7.21. The molecule has 5 rings (SSSR count). The smallest absolute Gasteiger partial charge is 0.325 e. The van der Waals surface area contributed by atoms with Crippen LogP contribution >= 0.6 is 0 Å². The van der Waals surface area contributed by atoms with Gasteiger partial charge in [0.25, 0.3) is 0 Å². The van der Waals surface area contributed by atoms with Crippen LogP contribution in [0.5, 0.6) is 11.5 Å². The van der Waals surface area contributed by atoms with E-state index in [1.165, 1.54) is 19.3 Å². The van der Waals surface area contributed by atoms with Crippen LogP contribution in [0.3, 0.4) is 0 Å². The van der Waals surface area contributed by atoms with Crippen molar-refractivity contribution >= 4 is 11.9 Å². The third-order valence-electron chi connectivity index (χ3n) is 6.59. The van der Waals surface area contributed by atoms with E-state index in [4.69, 9.17) is 14.2 Å². The standard InChI is InChI=1S/C22H29NO5/c1-26-18-2-4-19(5-3-18)27-6-7-28-20(24)14-23-21(25)22-11-15-8-16(12-22)10-17(9-15)13-22/h2-5,15-17H,6-14H2,1H3,(H,23,25). The number of hydrogen-bond donors (Lipinski definition) is 1. The first-order chi connectivity index (χ1) is 13.6. The van der Waals surface area contributed by atoms with Gasteiger partial charge in [0.05, 0.1) is 7.11 Å². The molecule has 28 heavy (non-hydrogen) atoms. The Bertz CT molecular complexity index is 679. The van der Waals surface area contributed by atoms with Crippen molar-refractivity contribution in [2.24, 2.45) is 23.2 Å². The lowest BCUT2D eigenvalue weighted by molar-refractivity contribution is -0.151. The van der Waals surface area contributed by atoms with Crippen molar-refractivity contribution in [3.05, 3.63) is 24.3 Å². The van der Waals surface area contributed by atoms with Crippen molar-refractivity contribution < 1.29 is 23.8 Å². The largest absolute Gasteiger partial charge is 0.497 e. The van der Waals surface area contributed by atoms with Crippen molar-refractivity contribution in [3.63, 3.8) is 0 Å². The third-order valence-corrected chi connectivity index (χ3v) is 6.59. The van der Waals surface area contributed by atoms with Crippen molar-refractivity contribution in [2.75, 3.05) is 26.9 Å². The first-order valence-corrected chi connectivity index (χ1v) is 10.3. The molecule has 4 aliphatic rings. The van der Waals surface area contributed by atoms with Crippen LogP contribution in [0.2, 0.25) is 0 Å². The number of carbonyl (C=O) groups excluding carboxylic acids is 2. The van der Waals surface area contributed by atoms with Crippen LogP contribution in [0, 0.1) is 23.2 Å². The molecule has 0 radical (unpaired) electrons. The van der Waals surface area contributed by atoms with Crippen LogP contribution in [-0.2, 0) is 14.3 Å². The van der Waals surface area contributed by atoms with Gasteiger partial charge in [-0.25, -0.2) is 0 Å². The van der Waals surface area contributed by atoms with Gasteiger partial charge in [-0.1, -0.05) is 0 Å². The fourth-order valence-corrected chi connectivity index (χ4v) is 5.77. The topological polar surface area (TPSA) is 73.9 Å². The lowest BCUT2D eigenvalue weighted by Gasteiger charge is -2.55. The molecular formula is C22H29NO5. The summed E-state index contributed by atoms with van der Waals surface area (Å²) in [5.41, 5.74) is -0.230. The third kappa shape index (κ3) is 4.10. The summed E-state index contributed by atoms with van der Waals surface area (Å²) >= 11 is 0. The molecule has 0 saturated heterocycles. The van der Waals surface area contributed by atoms with E-state index in [0.29, 0.717) is 23.5 Å². The molecule has 4 bridgehead atoms. The highest BCUT2D eigenvalue weighted by molar-refractivity contribution is 5.86. The zero-order valence-electron chi connectivity index (χ0n) is 16.4. The monoisotopic (exact) mass is 387 g/mol. The Morgan fingerprint density at radius 2 is 1.54 bits per heavy atom. The molecule has 6 heteroatoms. The summed E-state index contributed by atoms with van der Waals surface area (Å²) in [5.74, 6) is 3.20. The van der Waals surface area contributed by atoms with Crippen LogP contribution in [0.1, 0.15) is 38.5 Å². The maximum Gasteiger partial charge on any atom is 0.325 e. The molecule has 1 aromatic rings. The lowest BCUT2D eigenvalue weighted by atomic mass is 9.49. The highest BCUT2D eigenvalue weighted by atomic mass is 16.6. The summed E-state index contributed by atoms with van der Waals surface area (Å²) in [5, 5.41) is 2.84. The van der Waals surface area contributed by atoms with E-state index in [1.54, 1.807) is 31.4 Å². The predicted octanol–water partition coefficient (Wildman–Crippen LogP) is 2.95. The molecule has 1 N–H and O–H groups in total. The van der Waals surface area contributed by atoms with Gasteiger partial charge >= 0.3 is 5.97 Å². The molecule has 1 aromatic carbocycles. The quantitative estimate of drug-likeness (QED) is 0.548. The summed E-state index contributed by atoms with van der Waals surface area (Å²) in [7, 11) is 1.61. The highest BCUT2D eigenvalue weighted by Gasteiger charge is 2.54. The molecule has 1 amide bonds. The molecule has 4 aliphatic carbocycles. The van der Waals surface area contributed by atoms with E-state index in [-0.39, 0.29) is 31.1 Å². The lowest BCUT2D eigenvalue weighted by Crippen LogP contribution is -2.54. The fraction of sp³-hybridized carbons (Fsp3) is 0.636. The molecule has 4 fully saturated rings. The van der Waals surface area contributed by atoms with Gasteiger partial charge in [0, 0.05) is 5.41 Å². The van der Waals surface area contributed by atoms with E-state index >= 15 is 0 Å². The first-order valence-electron chi connectivity index (χ1n) is 10.3. The van der Waals surface area contributed by atoms with Crippen LogP contribution in [0.4, 0.5) is 0 Å². The summed E-state index contributed by atoms with van der Waals surface area (Å²) in [4.78, 5) is 24.8. The molecule has 0 heterocycles. The van der Waals surface area contributed by atoms with E-state index in [0.717, 1.165) is 25.0 Å².